The van der Waals surface area contributed by atoms with Crippen LogP contribution in [0, 0.1) is 0 Å². The van der Waals surface area contributed by atoms with Crippen LogP contribution in [0.25, 0.3) is 0 Å². The molecule has 9 nitrogen and oxygen atoms in total. The molecule has 2 unspecified atom stereocenters. The van der Waals surface area contributed by atoms with Crippen molar-refractivity contribution in [3.63, 3.8) is 0 Å². The first kappa shape index (κ1) is 31.0. The molecule has 0 aliphatic carbocycles. The van der Waals surface area contributed by atoms with Gasteiger partial charge in [-0.2, -0.15) is 0 Å². The van der Waals surface area contributed by atoms with Crippen LogP contribution in [-0.2, 0) is 32.7 Å². The first-order valence-electron chi connectivity index (χ1n) is 11.7. The highest BCUT2D eigenvalue weighted by atomic mass is 31.2. The summed E-state index contributed by atoms with van der Waals surface area (Å²) in [5.41, 5.74) is 0. The Labute approximate surface area is 193 Å². The molecule has 2 atom stereocenters. The van der Waals surface area contributed by atoms with Gasteiger partial charge in [0.1, 0.15) is 19.8 Å². The molecule has 0 bridgehead atoms. The standard InChI is InChI=1S/C22H44NO8P/c1-6-8-9-10-11-12-13-14-15-22(25)31-20(18-28-21(24)7-2)19-30-32(26,27)29-17-16-23(3,4)5/h20H,6-19H2,1-5H3. The average Bonchev–Trinajstić information content (AvgIpc) is 2.70. The summed E-state index contributed by atoms with van der Waals surface area (Å²) in [5.74, 6) is -0.942. The highest BCUT2D eigenvalue weighted by Gasteiger charge is 2.21. The maximum atomic E-state index is 12.1. The molecule has 0 saturated carbocycles. The van der Waals surface area contributed by atoms with E-state index in [4.69, 9.17) is 18.5 Å². The zero-order chi connectivity index (χ0) is 24.5. The molecule has 0 saturated heterocycles. The summed E-state index contributed by atoms with van der Waals surface area (Å²) in [6.07, 6.45) is 8.17. The van der Waals surface area contributed by atoms with Gasteiger partial charge in [0.2, 0.25) is 0 Å². The molecule has 10 heteroatoms. The minimum absolute atomic E-state index is 0.0298. The smallest absolute Gasteiger partial charge is 0.306 e. The van der Waals surface area contributed by atoms with Gasteiger partial charge in [-0.05, 0) is 6.42 Å². The Morgan fingerprint density at radius 1 is 0.875 bits per heavy atom. The van der Waals surface area contributed by atoms with Crippen molar-refractivity contribution in [1.29, 1.82) is 0 Å². The van der Waals surface area contributed by atoms with Crippen LogP contribution in [0.2, 0.25) is 0 Å². The highest BCUT2D eigenvalue weighted by Crippen LogP contribution is 2.38. The van der Waals surface area contributed by atoms with E-state index in [9.17, 15) is 19.0 Å². The molecule has 0 radical (unpaired) electrons. The minimum atomic E-state index is -4.56. The normalized spacial score (nSPS) is 14.6. The molecule has 0 amide bonds. The van der Waals surface area contributed by atoms with Gasteiger partial charge in [-0.3, -0.25) is 14.2 Å². The van der Waals surface area contributed by atoms with Crippen LogP contribution in [0.15, 0.2) is 0 Å². The fourth-order valence-electron chi connectivity index (χ4n) is 2.69. The summed E-state index contributed by atoms with van der Waals surface area (Å²) in [5, 5.41) is 0. The molecule has 0 aliphatic heterocycles. The lowest BCUT2D eigenvalue weighted by molar-refractivity contribution is -0.870. The number of hydrogen-bond donors (Lipinski definition) is 0. The Bertz CT molecular complexity index is 565. The number of rotatable bonds is 20. The topological polar surface area (TPSA) is 111 Å². The van der Waals surface area contributed by atoms with Crippen molar-refractivity contribution in [3.8, 4) is 0 Å². The second-order valence-electron chi connectivity index (χ2n) is 8.96. The third-order valence-electron chi connectivity index (χ3n) is 4.68. The molecule has 0 heterocycles. The number of unbranched alkanes of at least 4 members (excludes halogenated alkanes) is 7. The van der Waals surface area contributed by atoms with E-state index in [1.807, 2.05) is 21.1 Å². The van der Waals surface area contributed by atoms with Crippen LogP contribution < -0.4 is 4.89 Å². The van der Waals surface area contributed by atoms with Crippen molar-refractivity contribution in [1.82, 2.24) is 0 Å². The zero-order valence-electron chi connectivity index (χ0n) is 20.6. The number of ether oxygens (including phenoxy) is 2. The molecule has 0 aromatic carbocycles. The van der Waals surface area contributed by atoms with Crippen molar-refractivity contribution in [3.05, 3.63) is 0 Å². The van der Waals surface area contributed by atoms with Crippen molar-refractivity contribution >= 4 is 19.8 Å². The van der Waals surface area contributed by atoms with Crippen molar-refractivity contribution in [2.45, 2.75) is 84.2 Å². The molecular weight excluding hydrogens is 437 g/mol. The molecule has 32 heavy (non-hydrogen) atoms. The molecule has 0 aromatic heterocycles. The third kappa shape index (κ3) is 19.7. The van der Waals surface area contributed by atoms with Crippen molar-refractivity contribution in [2.24, 2.45) is 0 Å². The van der Waals surface area contributed by atoms with Crippen molar-refractivity contribution in [2.75, 3.05) is 47.5 Å². The Morgan fingerprint density at radius 2 is 1.47 bits per heavy atom. The van der Waals surface area contributed by atoms with E-state index in [1.165, 1.54) is 25.7 Å². The molecule has 0 spiro atoms. The Kier molecular flexibility index (Phi) is 16.9. The van der Waals surface area contributed by atoms with Gasteiger partial charge in [0.15, 0.2) is 6.10 Å². The largest absolute Gasteiger partial charge is 0.756 e. The maximum Gasteiger partial charge on any atom is 0.306 e. The van der Waals surface area contributed by atoms with Gasteiger partial charge < -0.3 is 27.9 Å². The number of carbonyl (C=O) groups excluding carboxylic acids is 2. The molecule has 0 aromatic rings. The van der Waals surface area contributed by atoms with Crippen LogP contribution in [-0.4, -0.2) is 70.0 Å². The number of likely N-dealkylation sites (N-methyl/N-ethyl adjacent to an activating group) is 1. The van der Waals surface area contributed by atoms with Gasteiger partial charge in [0.25, 0.3) is 7.82 Å². The van der Waals surface area contributed by atoms with E-state index in [-0.39, 0.29) is 26.1 Å². The van der Waals surface area contributed by atoms with E-state index in [1.54, 1.807) is 6.92 Å². The van der Waals surface area contributed by atoms with Crippen LogP contribution in [0.4, 0.5) is 0 Å². The summed E-state index contributed by atoms with van der Waals surface area (Å²) >= 11 is 0. The first-order chi connectivity index (χ1) is 15.0. The summed E-state index contributed by atoms with van der Waals surface area (Å²) in [6.45, 7) is 3.52. The maximum absolute atomic E-state index is 12.1. The average molecular weight is 482 g/mol. The highest BCUT2D eigenvalue weighted by molar-refractivity contribution is 7.45. The van der Waals surface area contributed by atoms with Crippen LogP contribution in [0.5, 0.6) is 0 Å². The summed E-state index contributed by atoms with van der Waals surface area (Å²) in [7, 11) is 1.16. The molecule has 0 rings (SSSR count). The Hall–Kier alpha value is -0.990. The lowest BCUT2D eigenvalue weighted by Gasteiger charge is -2.28. The minimum Gasteiger partial charge on any atom is -0.756 e. The van der Waals surface area contributed by atoms with E-state index in [0.29, 0.717) is 17.4 Å². The Morgan fingerprint density at radius 3 is 2.03 bits per heavy atom. The lowest BCUT2D eigenvalue weighted by atomic mass is 10.1. The van der Waals surface area contributed by atoms with Gasteiger partial charge in [0, 0.05) is 12.8 Å². The lowest BCUT2D eigenvalue weighted by Crippen LogP contribution is -2.37. The summed E-state index contributed by atoms with van der Waals surface area (Å²) < 4.78 is 32.5. The third-order valence-corrected chi connectivity index (χ3v) is 5.65. The number of carbonyl (C=O) groups is 2. The van der Waals surface area contributed by atoms with Gasteiger partial charge >= 0.3 is 11.9 Å². The van der Waals surface area contributed by atoms with E-state index < -0.39 is 32.5 Å². The quantitative estimate of drug-likeness (QED) is 0.112. The fraction of sp³-hybridized carbons (Fsp3) is 0.909. The number of phosphoric acid groups is 1. The molecular formula is C22H44NO8P. The van der Waals surface area contributed by atoms with E-state index >= 15 is 0 Å². The second kappa shape index (κ2) is 17.5. The molecule has 190 valence electrons. The molecule has 0 N–H and O–H groups in total. The van der Waals surface area contributed by atoms with Crippen LogP contribution >= 0.6 is 7.82 Å². The van der Waals surface area contributed by atoms with Gasteiger partial charge in [0.05, 0.1) is 27.7 Å². The van der Waals surface area contributed by atoms with Crippen LogP contribution in [0.1, 0.15) is 78.1 Å². The molecule has 0 fully saturated rings. The number of quaternary nitrogens is 1. The zero-order valence-corrected chi connectivity index (χ0v) is 21.5. The summed E-state index contributed by atoms with van der Waals surface area (Å²) in [6, 6.07) is 0. The SMILES string of the molecule is CCCCCCCCCCC(=O)OC(COC(=O)CC)COP(=O)([O-])OCC[N+](C)(C)C. The number of esters is 2. The summed E-state index contributed by atoms with van der Waals surface area (Å²) in [4.78, 5) is 35.5. The predicted molar refractivity (Wildman–Crippen MR) is 121 cm³/mol. The van der Waals surface area contributed by atoms with Gasteiger partial charge in [-0.1, -0.05) is 58.8 Å². The predicted octanol–water partition coefficient (Wildman–Crippen LogP) is 3.59. The van der Waals surface area contributed by atoms with Gasteiger partial charge in [-0.25, -0.2) is 0 Å². The first-order valence-corrected chi connectivity index (χ1v) is 13.2. The fourth-order valence-corrected chi connectivity index (χ4v) is 3.42. The number of hydrogen-bond acceptors (Lipinski definition) is 8. The number of nitrogens with zero attached hydrogens (tertiary/aromatic N) is 1. The van der Waals surface area contributed by atoms with Crippen LogP contribution in [0.3, 0.4) is 0 Å². The van der Waals surface area contributed by atoms with E-state index in [2.05, 4.69) is 6.92 Å². The second-order valence-corrected chi connectivity index (χ2v) is 10.4. The van der Waals surface area contributed by atoms with Crippen molar-refractivity contribution < 1.29 is 42.1 Å². The Balaban J connectivity index is 4.40. The number of phosphoric ester groups is 1. The van der Waals surface area contributed by atoms with E-state index in [0.717, 1.165) is 19.3 Å². The van der Waals surface area contributed by atoms with Gasteiger partial charge in [-0.15, -0.1) is 0 Å². The monoisotopic (exact) mass is 481 g/mol. The molecule has 0 aliphatic rings.